The summed E-state index contributed by atoms with van der Waals surface area (Å²) in [5, 5.41) is 1.94. The van der Waals surface area contributed by atoms with E-state index in [2.05, 4.69) is 15.9 Å². The first kappa shape index (κ1) is 13.5. The van der Waals surface area contributed by atoms with Gasteiger partial charge in [0, 0.05) is 15.9 Å². The van der Waals surface area contributed by atoms with Gasteiger partial charge in [0.25, 0.3) is 5.91 Å². The molecule has 2 saturated heterocycles. The number of imide groups is 1. The van der Waals surface area contributed by atoms with Gasteiger partial charge in [-0.05, 0) is 42.7 Å². The number of benzene rings is 2. The highest BCUT2D eigenvalue weighted by Gasteiger charge is 2.59. The minimum Gasteiger partial charge on any atom is -0.309 e. The smallest absolute Gasteiger partial charge is 0.309 e. The summed E-state index contributed by atoms with van der Waals surface area (Å²) < 4.78 is 0.969. The predicted molar refractivity (Wildman–Crippen MR) is 91.3 cm³/mol. The summed E-state index contributed by atoms with van der Waals surface area (Å²) in [6, 6.07) is 11.5. The van der Waals surface area contributed by atoms with Gasteiger partial charge < -0.3 is 4.90 Å². The Morgan fingerprint density at radius 2 is 1.78 bits per heavy atom. The molecule has 2 bridgehead atoms. The second-order valence-corrected chi connectivity index (χ2v) is 7.50. The van der Waals surface area contributed by atoms with Crippen molar-refractivity contribution >= 4 is 44.3 Å². The third kappa shape index (κ3) is 1.66. The van der Waals surface area contributed by atoms with Gasteiger partial charge in [-0.2, -0.15) is 0 Å². The standard InChI is InChI=1S/C18H15BrN2O2/c19-14-7-8-15(13-4-2-1-3-12(13)14)21-17(22)16-10-5-6-11(9-10)20(16)18(21)23/h1-4,7-8,10-11,16H,5-6,9H2/t10-,11+,16-/m1/s1. The first-order valence-electron chi connectivity index (χ1n) is 8.00. The summed E-state index contributed by atoms with van der Waals surface area (Å²) in [4.78, 5) is 29.2. The van der Waals surface area contributed by atoms with Crippen LogP contribution in [0.5, 0.6) is 0 Å². The Bertz CT molecular complexity index is 837. The van der Waals surface area contributed by atoms with Gasteiger partial charge >= 0.3 is 6.03 Å². The number of fused-ring (bicyclic) bond motifs is 6. The summed E-state index contributed by atoms with van der Waals surface area (Å²) in [5.74, 6) is 0.304. The summed E-state index contributed by atoms with van der Waals surface area (Å²) in [6.45, 7) is 0. The molecule has 0 N–H and O–H groups in total. The maximum absolute atomic E-state index is 13.0. The fourth-order valence-corrected chi connectivity index (χ4v) is 5.06. The molecule has 116 valence electrons. The zero-order valence-corrected chi connectivity index (χ0v) is 14.0. The SMILES string of the molecule is O=C1[C@H]2[C@@H]3CC[C@@H](C3)N2C(=O)N1c1ccc(Br)c2ccccc12. The van der Waals surface area contributed by atoms with Gasteiger partial charge in [-0.1, -0.05) is 40.2 Å². The summed E-state index contributed by atoms with van der Waals surface area (Å²) in [5.41, 5.74) is 0.701. The van der Waals surface area contributed by atoms with Gasteiger partial charge in [-0.15, -0.1) is 0 Å². The van der Waals surface area contributed by atoms with Gasteiger partial charge in [0.05, 0.1) is 5.69 Å². The monoisotopic (exact) mass is 370 g/mol. The molecule has 3 fully saturated rings. The Morgan fingerprint density at radius 1 is 1.00 bits per heavy atom. The molecule has 0 radical (unpaired) electrons. The molecule has 2 aromatic carbocycles. The lowest BCUT2D eigenvalue weighted by Gasteiger charge is -2.25. The molecule has 3 atom stereocenters. The number of nitrogens with zero attached hydrogens (tertiary/aromatic N) is 2. The lowest BCUT2D eigenvalue weighted by atomic mass is 9.99. The molecule has 3 amide bonds. The molecule has 2 aromatic rings. The number of urea groups is 1. The van der Waals surface area contributed by atoms with E-state index in [4.69, 9.17) is 0 Å². The van der Waals surface area contributed by atoms with Crippen molar-refractivity contribution < 1.29 is 9.59 Å². The van der Waals surface area contributed by atoms with Crippen LogP contribution < -0.4 is 4.90 Å². The Morgan fingerprint density at radius 3 is 2.57 bits per heavy atom. The molecule has 5 rings (SSSR count). The zero-order valence-electron chi connectivity index (χ0n) is 12.4. The number of hydrogen-bond acceptors (Lipinski definition) is 2. The van der Waals surface area contributed by atoms with Gasteiger partial charge in [0.15, 0.2) is 0 Å². The van der Waals surface area contributed by atoms with Crippen molar-refractivity contribution in [2.75, 3.05) is 4.90 Å². The van der Waals surface area contributed by atoms with Crippen molar-refractivity contribution in [2.24, 2.45) is 5.92 Å². The average molecular weight is 371 g/mol. The molecule has 0 spiro atoms. The van der Waals surface area contributed by atoms with E-state index in [1.165, 1.54) is 4.90 Å². The van der Waals surface area contributed by atoms with Crippen molar-refractivity contribution in [2.45, 2.75) is 31.3 Å². The average Bonchev–Trinajstić information content (AvgIpc) is 3.24. The van der Waals surface area contributed by atoms with E-state index in [0.717, 1.165) is 34.5 Å². The van der Waals surface area contributed by atoms with Crippen LogP contribution in [0.15, 0.2) is 40.9 Å². The number of carbonyl (C=O) groups is 2. The van der Waals surface area contributed by atoms with Crippen LogP contribution in [0.1, 0.15) is 19.3 Å². The fourth-order valence-electron chi connectivity index (χ4n) is 4.59. The number of anilines is 1. The summed E-state index contributed by atoms with van der Waals surface area (Å²) >= 11 is 3.55. The van der Waals surface area contributed by atoms with Crippen molar-refractivity contribution in [1.29, 1.82) is 0 Å². The van der Waals surface area contributed by atoms with Crippen LogP contribution in [-0.4, -0.2) is 28.9 Å². The normalized spacial score (nSPS) is 29.0. The molecular weight excluding hydrogens is 356 g/mol. The topological polar surface area (TPSA) is 40.6 Å². The van der Waals surface area contributed by atoms with Gasteiger partial charge in [0.1, 0.15) is 6.04 Å². The maximum Gasteiger partial charge on any atom is 0.332 e. The molecule has 23 heavy (non-hydrogen) atoms. The van der Waals surface area contributed by atoms with Crippen LogP contribution in [0, 0.1) is 5.92 Å². The van der Waals surface area contributed by atoms with E-state index in [1.54, 1.807) is 0 Å². The highest BCUT2D eigenvalue weighted by atomic mass is 79.9. The highest BCUT2D eigenvalue weighted by molar-refractivity contribution is 9.10. The molecule has 1 saturated carbocycles. The van der Waals surface area contributed by atoms with Gasteiger partial charge in [-0.25, -0.2) is 9.69 Å². The van der Waals surface area contributed by atoms with Crippen molar-refractivity contribution in [3.8, 4) is 0 Å². The quantitative estimate of drug-likeness (QED) is 0.713. The Kier molecular flexibility index (Phi) is 2.69. The molecule has 3 aliphatic rings. The number of carbonyl (C=O) groups excluding carboxylic acids is 2. The molecule has 2 aliphatic heterocycles. The number of halogens is 1. The summed E-state index contributed by atoms with van der Waals surface area (Å²) in [6.07, 6.45) is 3.10. The second kappa shape index (κ2) is 4.57. The van der Waals surface area contributed by atoms with Crippen LogP contribution >= 0.6 is 15.9 Å². The molecule has 1 aliphatic carbocycles. The maximum atomic E-state index is 13.0. The zero-order chi connectivity index (χ0) is 15.7. The van der Waals surface area contributed by atoms with Crippen molar-refractivity contribution in [1.82, 2.24) is 4.90 Å². The molecule has 0 unspecified atom stereocenters. The van der Waals surface area contributed by atoms with Crippen LogP contribution in [-0.2, 0) is 4.79 Å². The van der Waals surface area contributed by atoms with E-state index < -0.39 is 0 Å². The largest absolute Gasteiger partial charge is 0.332 e. The second-order valence-electron chi connectivity index (χ2n) is 6.65. The Hall–Kier alpha value is -1.88. The van der Waals surface area contributed by atoms with Crippen LogP contribution in [0.3, 0.4) is 0 Å². The van der Waals surface area contributed by atoms with E-state index in [1.807, 2.05) is 41.3 Å². The van der Waals surface area contributed by atoms with E-state index >= 15 is 0 Å². The molecule has 4 nitrogen and oxygen atoms in total. The molecule has 0 aromatic heterocycles. The van der Waals surface area contributed by atoms with Crippen LogP contribution in [0.2, 0.25) is 0 Å². The first-order valence-corrected chi connectivity index (χ1v) is 8.79. The lowest BCUT2D eigenvalue weighted by molar-refractivity contribution is -0.120. The number of rotatable bonds is 1. The number of amides is 3. The lowest BCUT2D eigenvalue weighted by Crippen LogP contribution is -2.40. The van der Waals surface area contributed by atoms with Crippen LogP contribution in [0.4, 0.5) is 10.5 Å². The fraction of sp³-hybridized carbons (Fsp3) is 0.333. The summed E-state index contributed by atoms with van der Waals surface area (Å²) in [7, 11) is 0. The van der Waals surface area contributed by atoms with Crippen molar-refractivity contribution in [3.63, 3.8) is 0 Å². The van der Waals surface area contributed by atoms with Gasteiger partial charge in [-0.3, -0.25) is 4.79 Å². The first-order chi connectivity index (χ1) is 11.2. The highest BCUT2D eigenvalue weighted by Crippen LogP contribution is 2.48. The van der Waals surface area contributed by atoms with E-state index in [0.29, 0.717) is 11.6 Å². The van der Waals surface area contributed by atoms with Crippen LogP contribution in [0.25, 0.3) is 10.8 Å². The molecule has 2 heterocycles. The molecule has 5 heteroatoms. The van der Waals surface area contributed by atoms with E-state index in [-0.39, 0.29) is 24.0 Å². The Balaban J connectivity index is 1.67. The van der Waals surface area contributed by atoms with Gasteiger partial charge in [0.2, 0.25) is 0 Å². The van der Waals surface area contributed by atoms with Crippen molar-refractivity contribution in [3.05, 3.63) is 40.9 Å². The molecular formula is C18H15BrN2O2. The number of piperidine rings is 1. The number of hydrogen-bond donors (Lipinski definition) is 0. The van der Waals surface area contributed by atoms with E-state index in [9.17, 15) is 9.59 Å². The predicted octanol–water partition coefficient (Wildman–Crippen LogP) is 3.92. The third-order valence-corrected chi connectivity index (χ3v) is 6.25. The minimum absolute atomic E-state index is 0.0466. The third-order valence-electron chi connectivity index (χ3n) is 5.56. The minimum atomic E-state index is -0.233. The Labute approximate surface area is 142 Å².